The summed E-state index contributed by atoms with van der Waals surface area (Å²) in [5, 5.41) is 0. The van der Waals surface area contributed by atoms with Crippen molar-refractivity contribution in [3.8, 4) is 0 Å². The molecular formula is C33H49B2NO4S. The maximum atomic E-state index is 6.40. The monoisotopic (exact) mass is 577 g/mol. The standard InChI is InChI=1S/C33H49B2NO4S/c1-10-11-12-13-14-15-16-21-36-26-19-17-24(34-37-30(2,3)31(4,5)38-34)22-28(26)41-29-23-25(18-20-27(29)36)35-39-32(6,7)33(8,9)40-35/h17-20,22-23H,10-16,21H2,1-9H3. The molecule has 3 heterocycles. The first-order valence-electron chi connectivity index (χ1n) is 15.7. The van der Waals surface area contributed by atoms with Crippen molar-refractivity contribution in [2.24, 2.45) is 0 Å². The Bertz CT molecular complexity index is 1130. The highest BCUT2D eigenvalue weighted by atomic mass is 32.2. The van der Waals surface area contributed by atoms with Gasteiger partial charge in [0, 0.05) is 16.3 Å². The van der Waals surface area contributed by atoms with Gasteiger partial charge in [-0.1, -0.05) is 69.3 Å². The van der Waals surface area contributed by atoms with Gasteiger partial charge < -0.3 is 23.5 Å². The first-order chi connectivity index (χ1) is 19.2. The van der Waals surface area contributed by atoms with E-state index in [0.717, 1.165) is 17.5 Å². The van der Waals surface area contributed by atoms with Gasteiger partial charge in [-0.2, -0.15) is 0 Å². The number of benzene rings is 2. The van der Waals surface area contributed by atoms with Gasteiger partial charge in [-0.25, -0.2) is 0 Å². The molecule has 0 radical (unpaired) electrons. The zero-order valence-corrected chi connectivity index (χ0v) is 27.6. The van der Waals surface area contributed by atoms with Crippen molar-refractivity contribution < 1.29 is 18.6 Å². The Morgan fingerprint density at radius 3 is 1.39 bits per heavy atom. The Hall–Kier alpha value is -1.44. The molecule has 0 amide bonds. The third kappa shape index (κ3) is 6.15. The highest BCUT2D eigenvalue weighted by Crippen LogP contribution is 2.48. The molecule has 3 aliphatic rings. The van der Waals surface area contributed by atoms with Crippen molar-refractivity contribution in [1.29, 1.82) is 0 Å². The Labute approximate surface area is 253 Å². The maximum absolute atomic E-state index is 6.40. The van der Waals surface area contributed by atoms with Crippen molar-refractivity contribution in [3.63, 3.8) is 0 Å². The first kappa shape index (κ1) is 31.0. The van der Waals surface area contributed by atoms with Gasteiger partial charge in [-0.3, -0.25) is 0 Å². The quantitative estimate of drug-likeness (QED) is 0.214. The van der Waals surface area contributed by atoms with Gasteiger partial charge in [-0.15, -0.1) is 0 Å². The van der Waals surface area contributed by atoms with Crippen molar-refractivity contribution >= 4 is 48.3 Å². The van der Waals surface area contributed by atoms with Crippen LogP contribution in [0.15, 0.2) is 46.2 Å². The zero-order chi connectivity index (χ0) is 29.6. The third-order valence-corrected chi connectivity index (χ3v) is 10.9. The number of unbranched alkanes of at least 4 members (excludes halogenated alkanes) is 6. The number of anilines is 2. The molecular weight excluding hydrogens is 528 g/mol. The summed E-state index contributed by atoms with van der Waals surface area (Å²) in [5.41, 5.74) is 3.19. The van der Waals surface area contributed by atoms with Crippen LogP contribution in [0.5, 0.6) is 0 Å². The fourth-order valence-corrected chi connectivity index (χ4v) is 6.83. The molecule has 0 saturated carbocycles. The minimum atomic E-state index is -0.375. The molecule has 0 aliphatic carbocycles. The lowest BCUT2D eigenvalue weighted by Crippen LogP contribution is -2.41. The average molecular weight is 577 g/mol. The number of hydrogen-bond donors (Lipinski definition) is 0. The SMILES string of the molecule is CCCCCCCCCN1c2ccc(B3OC(C)(C)C(C)(C)O3)cc2Sc2cc(B3OC(C)(C)C(C)(C)O3)ccc21. The van der Waals surface area contributed by atoms with Crippen molar-refractivity contribution in [3.05, 3.63) is 36.4 Å². The predicted octanol–water partition coefficient (Wildman–Crippen LogP) is 7.64. The van der Waals surface area contributed by atoms with E-state index in [1.165, 1.54) is 66.1 Å². The highest BCUT2D eigenvalue weighted by Gasteiger charge is 2.53. The zero-order valence-electron chi connectivity index (χ0n) is 26.8. The fraction of sp³-hybridized carbons (Fsp3) is 0.636. The molecule has 0 bridgehead atoms. The van der Waals surface area contributed by atoms with Gasteiger partial charge in [-0.05, 0) is 97.0 Å². The third-order valence-electron chi connectivity index (χ3n) is 9.81. The molecule has 2 saturated heterocycles. The Kier molecular flexibility index (Phi) is 8.75. The normalized spacial score (nSPS) is 21.7. The van der Waals surface area contributed by atoms with Crippen LogP contribution in [0.1, 0.15) is 107 Å². The van der Waals surface area contributed by atoms with E-state index >= 15 is 0 Å². The second kappa shape index (κ2) is 11.6. The molecule has 2 fully saturated rings. The predicted molar refractivity (Wildman–Crippen MR) is 173 cm³/mol. The number of nitrogens with zero attached hydrogens (tertiary/aromatic N) is 1. The lowest BCUT2D eigenvalue weighted by Gasteiger charge is -2.33. The van der Waals surface area contributed by atoms with Crippen LogP contribution in [0.25, 0.3) is 0 Å². The topological polar surface area (TPSA) is 40.2 Å². The van der Waals surface area contributed by atoms with Crippen LogP contribution >= 0.6 is 11.8 Å². The van der Waals surface area contributed by atoms with E-state index < -0.39 is 0 Å². The van der Waals surface area contributed by atoms with Crippen LogP contribution in [-0.4, -0.2) is 43.2 Å². The maximum Gasteiger partial charge on any atom is 0.494 e. The van der Waals surface area contributed by atoms with Crippen molar-refractivity contribution in [2.75, 3.05) is 11.4 Å². The summed E-state index contributed by atoms with van der Waals surface area (Å²) in [4.78, 5) is 4.98. The van der Waals surface area contributed by atoms with Crippen LogP contribution in [0.3, 0.4) is 0 Å². The average Bonchev–Trinajstić information content (AvgIpc) is 3.26. The van der Waals surface area contributed by atoms with E-state index in [1.807, 2.05) is 11.8 Å². The molecule has 0 aromatic heterocycles. The summed E-state index contributed by atoms with van der Waals surface area (Å²) < 4.78 is 25.6. The van der Waals surface area contributed by atoms with E-state index in [9.17, 15) is 0 Å². The molecule has 41 heavy (non-hydrogen) atoms. The van der Waals surface area contributed by atoms with Crippen LogP contribution < -0.4 is 15.8 Å². The Morgan fingerprint density at radius 1 is 0.585 bits per heavy atom. The van der Waals surface area contributed by atoms with E-state index in [0.29, 0.717) is 0 Å². The van der Waals surface area contributed by atoms with E-state index in [2.05, 4.69) is 104 Å². The summed E-state index contributed by atoms with van der Waals surface area (Å²) in [6.07, 6.45) is 9.08. The molecule has 2 aromatic rings. The van der Waals surface area contributed by atoms with Crippen LogP contribution in [0.4, 0.5) is 11.4 Å². The Balaban J connectivity index is 1.41. The van der Waals surface area contributed by atoms with Crippen LogP contribution in [-0.2, 0) is 18.6 Å². The number of hydrogen-bond acceptors (Lipinski definition) is 6. The summed E-state index contributed by atoms with van der Waals surface area (Å²) in [6, 6.07) is 13.4. The summed E-state index contributed by atoms with van der Waals surface area (Å²) >= 11 is 1.82. The van der Waals surface area contributed by atoms with Crippen LogP contribution in [0, 0.1) is 0 Å². The second-order valence-electron chi connectivity index (χ2n) is 14.0. The summed E-state index contributed by atoms with van der Waals surface area (Å²) in [5.74, 6) is 0. The van der Waals surface area contributed by atoms with Crippen LogP contribution in [0.2, 0.25) is 0 Å². The molecule has 222 valence electrons. The summed E-state index contributed by atoms with van der Waals surface area (Å²) in [7, 11) is -0.750. The van der Waals surface area contributed by atoms with Crippen molar-refractivity contribution in [2.45, 2.75) is 139 Å². The molecule has 0 spiro atoms. The molecule has 2 aromatic carbocycles. The van der Waals surface area contributed by atoms with Gasteiger partial charge >= 0.3 is 14.2 Å². The largest absolute Gasteiger partial charge is 0.494 e. The smallest absolute Gasteiger partial charge is 0.399 e. The van der Waals surface area contributed by atoms with Gasteiger partial charge in [0.1, 0.15) is 0 Å². The van der Waals surface area contributed by atoms with E-state index in [-0.39, 0.29) is 36.6 Å². The first-order valence-corrected chi connectivity index (χ1v) is 16.5. The molecule has 3 aliphatic heterocycles. The number of fused-ring (bicyclic) bond motifs is 2. The van der Waals surface area contributed by atoms with Gasteiger partial charge in [0.15, 0.2) is 0 Å². The summed E-state index contributed by atoms with van der Waals surface area (Å²) in [6.45, 7) is 20.1. The highest BCUT2D eigenvalue weighted by molar-refractivity contribution is 7.99. The molecule has 8 heteroatoms. The molecule has 5 rings (SSSR count). The lowest BCUT2D eigenvalue weighted by molar-refractivity contribution is 0.00578. The number of rotatable bonds is 10. The van der Waals surface area contributed by atoms with Gasteiger partial charge in [0.25, 0.3) is 0 Å². The fourth-order valence-electron chi connectivity index (χ4n) is 5.64. The van der Waals surface area contributed by atoms with Crippen molar-refractivity contribution in [1.82, 2.24) is 0 Å². The van der Waals surface area contributed by atoms with Gasteiger partial charge in [0.2, 0.25) is 0 Å². The van der Waals surface area contributed by atoms with Gasteiger partial charge in [0.05, 0.1) is 33.8 Å². The van der Waals surface area contributed by atoms with E-state index in [4.69, 9.17) is 18.6 Å². The minimum Gasteiger partial charge on any atom is -0.399 e. The van der Waals surface area contributed by atoms with E-state index in [1.54, 1.807) is 0 Å². The molecule has 0 unspecified atom stereocenters. The minimum absolute atomic E-state index is 0.367. The molecule has 0 atom stereocenters. The molecule has 0 N–H and O–H groups in total. The Morgan fingerprint density at radius 2 is 0.976 bits per heavy atom. The lowest BCUT2D eigenvalue weighted by atomic mass is 9.78. The second-order valence-corrected chi connectivity index (χ2v) is 15.1. The molecule has 5 nitrogen and oxygen atoms in total.